The predicted molar refractivity (Wildman–Crippen MR) is 87.8 cm³/mol. The number of thiophene rings is 1. The molecule has 2 heterocycles. The number of hydrogen-bond acceptors (Lipinski definition) is 4. The van der Waals surface area contributed by atoms with Crippen LogP contribution in [0, 0.1) is 0 Å². The molecular formula is C14H18Cl2N4S. The van der Waals surface area contributed by atoms with Crippen molar-refractivity contribution in [3.63, 3.8) is 0 Å². The Bertz CT molecular complexity index is 604. The summed E-state index contributed by atoms with van der Waals surface area (Å²) >= 11 is 13.6. The molecule has 1 fully saturated rings. The van der Waals surface area contributed by atoms with Gasteiger partial charge in [0.2, 0.25) is 0 Å². The molecule has 1 saturated carbocycles. The molecule has 3 N–H and O–H groups in total. The minimum absolute atomic E-state index is 0.0758. The largest absolute Gasteiger partial charge is 0.271 e. The van der Waals surface area contributed by atoms with Gasteiger partial charge in [0.25, 0.3) is 0 Å². The van der Waals surface area contributed by atoms with Gasteiger partial charge >= 0.3 is 0 Å². The Morgan fingerprint density at radius 2 is 2.19 bits per heavy atom. The van der Waals surface area contributed by atoms with Crippen molar-refractivity contribution < 1.29 is 0 Å². The normalized spacial score (nSPS) is 17.5. The van der Waals surface area contributed by atoms with Gasteiger partial charge in [-0.25, -0.2) is 0 Å². The zero-order valence-electron chi connectivity index (χ0n) is 11.6. The van der Waals surface area contributed by atoms with Crippen molar-refractivity contribution >= 4 is 34.5 Å². The van der Waals surface area contributed by atoms with E-state index in [1.165, 1.54) is 37.0 Å². The molecule has 0 amide bonds. The highest BCUT2D eigenvalue weighted by Gasteiger charge is 2.20. The zero-order chi connectivity index (χ0) is 14.8. The SMILES string of the molecule is NNC(Cc1ccn(C2CCCC2)n1)c1cc(Cl)sc1Cl. The van der Waals surface area contributed by atoms with E-state index in [9.17, 15) is 0 Å². The van der Waals surface area contributed by atoms with E-state index in [1.807, 2.05) is 6.07 Å². The molecule has 1 atom stereocenters. The first-order valence-corrected chi connectivity index (χ1v) is 8.69. The highest BCUT2D eigenvalue weighted by atomic mass is 35.5. The van der Waals surface area contributed by atoms with E-state index in [1.54, 1.807) is 0 Å². The summed E-state index contributed by atoms with van der Waals surface area (Å²) in [4.78, 5) is 0. The van der Waals surface area contributed by atoms with Gasteiger partial charge in [0, 0.05) is 18.2 Å². The topological polar surface area (TPSA) is 55.9 Å². The highest BCUT2D eigenvalue weighted by Crippen LogP contribution is 2.36. The molecule has 2 aromatic rings. The van der Waals surface area contributed by atoms with Crippen molar-refractivity contribution in [2.45, 2.75) is 44.2 Å². The number of rotatable bonds is 5. The first kappa shape index (κ1) is 15.3. The summed E-state index contributed by atoms with van der Waals surface area (Å²) in [5.41, 5.74) is 4.77. The number of hydrogen-bond donors (Lipinski definition) is 2. The second-order valence-corrected chi connectivity index (χ2v) is 7.71. The van der Waals surface area contributed by atoms with Gasteiger partial charge in [-0.1, -0.05) is 36.0 Å². The molecule has 0 radical (unpaired) electrons. The van der Waals surface area contributed by atoms with Gasteiger partial charge in [0.05, 0.1) is 26.5 Å². The summed E-state index contributed by atoms with van der Waals surface area (Å²) < 4.78 is 3.45. The molecular weight excluding hydrogens is 327 g/mol. The standard InChI is InChI=1S/C14H18Cl2N4S/c15-13-8-11(14(16)21-13)12(18-17)7-9-5-6-20(19-9)10-3-1-2-4-10/h5-6,8,10,12,18H,1-4,7,17H2. The molecule has 21 heavy (non-hydrogen) atoms. The third-order valence-electron chi connectivity index (χ3n) is 4.04. The number of hydrazine groups is 1. The zero-order valence-corrected chi connectivity index (χ0v) is 13.9. The van der Waals surface area contributed by atoms with Crippen LogP contribution >= 0.6 is 34.5 Å². The molecule has 1 unspecified atom stereocenters. The van der Waals surface area contributed by atoms with Crippen molar-refractivity contribution in [2.75, 3.05) is 0 Å². The molecule has 114 valence electrons. The van der Waals surface area contributed by atoms with Gasteiger partial charge < -0.3 is 0 Å². The molecule has 2 aromatic heterocycles. The molecule has 0 aromatic carbocycles. The maximum atomic E-state index is 6.21. The van der Waals surface area contributed by atoms with E-state index in [2.05, 4.69) is 22.4 Å². The average molecular weight is 345 g/mol. The maximum Gasteiger partial charge on any atom is 0.0992 e. The summed E-state index contributed by atoms with van der Waals surface area (Å²) in [7, 11) is 0. The van der Waals surface area contributed by atoms with E-state index < -0.39 is 0 Å². The smallest absolute Gasteiger partial charge is 0.0992 e. The van der Waals surface area contributed by atoms with Crippen LogP contribution in [0.25, 0.3) is 0 Å². The maximum absolute atomic E-state index is 6.21. The van der Waals surface area contributed by atoms with Crippen molar-refractivity contribution in [3.8, 4) is 0 Å². The molecule has 3 rings (SSSR count). The van der Waals surface area contributed by atoms with Crippen LogP contribution in [0.4, 0.5) is 0 Å². The lowest BCUT2D eigenvalue weighted by Crippen LogP contribution is -2.29. The van der Waals surface area contributed by atoms with Gasteiger partial charge in [0.1, 0.15) is 0 Å². The molecule has 4 nitrogen and oxygen atoms in total. The number of nitrogens with two attached hydrogens (primary N) is 1. The van der Waals surface area contributed by atoms with E-state index in [-0.39, 0.29) is 6.04 Å². The second kappa shape index (κ2) is 6.67. The molecule has 0 saturated heterocycles. The minimum atomic E-state index is -0.0758. The van der Waals surface area contributed by atoms with E-state index in [0.29, 0.717) is 21.1 Å². The molecule has 0 bridgehead atoms. The van der Waals surface area contributed by atoms with Crippen LogP contribution in [0.1, 0.15) is 49.0 Å². The summed E-state index contributed by atoms with van der Waals surface area (Å²) in [5.74, 6) is 5.68. The quantitative estimate of drug-likeness (QED) is 0.633. The number of aromatic nitrogens is 2. The van der Waals surface area contributed by atoms with E-state index in [0.717, 1.165) is 11.3 Å². The van der Waals surface area contributed by atoms with Crippen LogP contribution in [0.2, 0.25) is 8.67 Å². The lowest BCUT2D eigenvalue weighted by Gasteiger charge is -2.14. The number of nitrogens with zero attached hydrogens (tertiary/aromatic N) is 2. The molecule has 1 aliphatic rings. The molecule has 7 heteroatoms. The fraction of sp³-hybridized carbons (Fsp3) is 0.500. The highest BCUT2D eigenvalue weighted by molar-refractivity contribution is 7.20. The Morgan fingerprint density at radius 3 is 2.81 bits per heavy atom. The van der Waals surface area contributed by atoms with Crippen LogP contribution in [0.5, 0.6) is 0 Å². The third-order valence-corrected chi connectivity index (χ3v) is 5.55. The minimum Gasteiger partial charge on any atom is -0.271 e. The lowest BCUT2D eigenvalue weighted by atomic mass is 10.1. The van der Waals surface area contributed by atoms with E-state index in [4.69, 9.17) is 34.1 Å². The third kappa shape index (κ3) is 3.43. The van der Waals surface area contributed by atoms with Crippen molar-refractivity contribution in [2.24, 2.45) is 5.84 Å². The molecule has 1 aliphatic carbocycles. The van der Waals surface area contributed by atoms with Crippen LogP contribution in [0.15, 0.2) is 18.3 Å². The monoisotopic (exact) mass is 344 g/mol. The van der Waals surface area contributed by atoms with Gasteiger partial charge in [0.15, 0.2) is 0 Å². The van der Waals surface area contributed by atoms with Crippen molar-refractivity contribution in [1.82, 2.24) is 15.2 Å². The Morgan fingerprint density at radius 1 is 1.43 bits per heavy atom. The van der Waals surface area contributed by atoms with Crippen LogP contribution in [-0.4, -0.2) is 9.78 Å². The first-order valence-electron chi connectivity index (χ1n) is 7.12. The second-order valence-electron chi connectivity index (χ2n) is 5.43. The van der Waals surface area contributed by atoms with Crippen LogP contribution < -0.4 is 11.3 Å². The lowest BCUT2D eigenvalue weighted by molar-refractivity contribution is 0.457. The van der Waals surface area contributed by atoms with Gasteiger partial charge in [-0.2, -0.15) is 5.10 Å². The summed E-state index contributed by atoms with van der Waals surface area (Å²) in [5, 5.41) is 4.69. The van der Waals surface area contributed by atoms with Crippen LogP contribution in [0.3, 0.4) is 0 Å². The average Bonchev–Trinajstić information content (AvgIpc) is 3.16. The summed E-state index contributed by atoms with van der Waals surface area (Å²) in [6, 6.07) is 4.41. The number of nitrogens with one attached hydrogen (secondary N) is 1. The predicted octanol–water partition coefficient (Wildman–Crippen LogP) is 4.11. The molecule has 0 spiro atoms. The van der Waals surface area contributed by atoms with Crippen molar-refractivity contribution in [1.29, 1.82) is 0 Å². The molecule has 0 aliphatic heterocycles. The Hall–Kier alpha value is -0.590. The van der Waals surface area contributed by atoms with E-state index >= 15 is 0 Å². The Balaban J connectivity index is 1.73. The fourth-order valence-corrected chi connectivity index (χ4v) is 4.50. The summed E-state index contributed by atoms with van der Waals surface area (Å²) in [6.45, 7) is 0. The summed E-state index contributed by atoms with van der Waals surface area (Å²) in [6.07, 6.45) is 7.83. The fourth-order valence-electron chi connectivity index (χ4n) is 2.92. The van der Waals surface area contributed by atoms with Gasteiger partial charge in [-0.3, -0.25) is 16.0 Å². The Labute approximate surface area is 138 Å². The van der Waals surface area contributed by atoms with Crippen molar-refractivity contribution in [3.05, 3.63) is 38.3 Å². The van der Waals surface area contributed by atoms with Crippen LogP contribution in [-0.2, 0) is 6.42 Å². The number of halogens is 2. The van der Waals surface area contributed by atoms with Gasteiger partial charge in [-0.05, 0) is 25.0 Å². The Kier molecular flexibility index (Phi) is 4.86. The first-order chi connectivity index (χ1) is 10.2. The van der Waals surface area contributed by atoms with Gasteiger partial charge in [-0.15, -0.1) is 11.3 Å².